The predicted octanol–water partition coefficient (Wildman–Crippen LogP) is 2.93. The van der Waals surface area contributed by atoms with Crippen LogP contribution in [0.5, 0.6) is 0 Å². The average molecular weight is 310 g/mol. The fourth-order valence-corrected chi connectivity index (χ4v) is 2.96. The summed E-state index contributed by atoms with van der Waals surface area (Å²) in [4.78, 5) is 0. The van der Waals surface area contributed by atoms with Gasteiger partial charge in [-0.2, -0.15) is 0 Å². The molecule has 0 saturated heterocycles. The molecule has 1 aromatic carbocycles. The zero-order valence-electron chi connectivity index (χ0n) is 10.7. The first-order valence-electron chi connectivity index (χ1n) is 5.93. The maximum absolute atomic E-state index is 5.92. The Morgan fingerprint density at radius 2 is 1.95 bits per heavy atom. The minimum absolute atomic E-state index is 0.550. The van der Waals surface area contributed by atoms with Gasteiger partial charge in [-0.1, -0.05) is 23.4 Å². The third-order valence-electron chi connectivity index (χ3n) is 2.92. The molecule has 2 heterocycles. The standard InChI is InChI=1S/C13H12ClN3O2S/c1-17-9-15-16-12(17)20-8-13(18-6-7-19-13)10-2-4-11(14)5-3-10/h2-7,9H,8H2,1H3. The molecule has 0 N–H and O–H groups in total. The summed E-state index contributed by atoms with van der Waals surface area (Å²) in [6.45, 7) is 0. The summed E-state index contributed by atoms with van der Waals surface area (Å²) in [7, 11) is 1.89. The lowest BCUT2D eigenvalue weighted by molar-refractivity contribution is -0.128. The van der Waals surface area contributed by atoms with Gasteiger partial charge in [-0.05, 0) is 24.3 Å². The van der Waals surface area contributed by atoms with E-state index in [1.54, 1.807) is 18.9 Å². The molecular formula is C13H12ClN3O2S. The number of aryl methyl sites for hydroxylation is 1. The average Bonchev–Trinajstić information content (AvgIpc) is 3.07. The topological polar surface area (TPSA) is 49.2 Å². The van der Waals surface area contributed by atoms with Crippen molar-refractivity contribution in [1.29, 1.82) is 0 Å². The summed E-state index contributed by atoms with van der Waals surface area (Å²) in [5, 5.41) is 9.37. The molecular weight excluding hydrogens is 298 g/mol. The molecule has 0 fully saturated rings. The van der Waals surface area contributed by atoms with Crippen molar-refractivity contribution in [3.8, 4) is 0 Å². The van der Waals surface area contributed by atoms with Crippen LogP contribution in [0.3, 0.4) is 0 Å². The number of aromatic nitrogens is 3. The van der Waals surface area contributed by atoms with Gasteiger partial charge in [-0.25, -0.2) is 0 Å². The van der Waals surface area contributed by atoms with Gasteiger partial charge in [0.05, 0.1) is 5.75 Å². The van der Waals surface area contributed by atoms with Crippen molar-refractivity contribution in [3.63, 3.8) is 0 Å². The van der Waals surface area contributed by atoms with Crippen LogP contribution in [-0.4, -0.2) is 20.5 Å². The van der Waals surface area contributed by atoms with E-state index in [0.29, 0.717) is 10.8 Å². The largest absolute Gasteiger partial charge is 0.452 e. The number of rotatable bonds is 4. The van der Waals surface area contributed by atoms with Crippen LogP contribution in [-0.2, 0) is 22.3 Å². The second-order valence-corrected chi connectivity index (χ2v) is 5.66. The summed E-state index contributed by atoms with van der Waals surface area (Å²) >= 11 is 7.43. The molecule has 1 aliphatic heterocycles. The van der Waals surface area contributed by atoms with Gasteiger partial charge < -0.3 is 14.0 Å². The highest BCUT2D eigenvalue weighted by Crippen LogP contribution is 2.37. The number of hydrogen-bond donors (Lipinski definition) is 0. The summed E-state index contributed by atoms with van der Waals surface area (Å²) < 4.78 is 13.2. The monoisotopic (exact) mass is 309 g/mol. The molecule has 3 rings (SSSR count). The fourth-order valence-electron chi connectivity index (χ4n) is 1.86. The fraction of sp³-hybridized carbons (Fsp3) is 0.231. The lowest BCUT2D eigenvalue weighted by Crippen LogP contribution is -2.30. The molecule has 1 aromatic heterocycles. The smallest absolute Gasteiger partial charge is 0.286 e. The molecule has 1 aliphatic rings. The maximum atomic E-state index is 5.92. The molecule has 0 bridgehead atoms. The van der Waals surface area contributed by atoms with Crippen LogP contribution in [0.15, 0.2) is 48.3 Å². The molecule has 0 spiro atoms. The maximum Gasteiger partial charge on any atom is 0.286 e. The summed E-state index contributed by atoms with van der Waals surface area (Å²) in [5.74, 6) is -0.296. The Labute approximate surface area is 125 Å². The number of halogens is 1. The van der Waals surface area contributed by atoms with Crippen molar-refractivity contribution in [3.05, 3.63) is 53.7 Å². The highest BCUT2D eigenvalue weighted by Gasteiger charge is 2.38. The zero-order chi connectivity index (χ0) is 14.0. The van der Waals surface area contributed by atoms with Crippen molar-refractivity contribution in [2.24, 2.45) is 7.05 Å². The lowest BCUT2D eigenvalue weighted by Gasteiger charge is -2.27. The van der Waals surface area contributed by atoms with E-state index < -0.39 is 5.79 Å². The number of benzene rings is 1. The first kappa shape index (κ1) is 13.3. The van der Waals surface area contributed by atoms with E-state index in [1.807, 2.05) is 35.9 Å². The molecule has 0 atom stereocenters. The third-order valence-corrected chi connectivity index (χ3v) is 4.32. The van der Waals surface area contributed by atoms with Crippen LogP contribution in [0.4, 0.5) is 0 Å². The van der Waals surface area contributed by atoms with Gasteiger partial charge in [0.15, 0.2) is 5.16 Å². The number of ether oxygens (including phenoxy) is 2. The van der Waals surface area contributed by atoms with Gasteiger partial charge in [0, 0.05) is 17.6 Å². The SMILES string of the molecule is Cn1cnnc1SCC1(c2ccc(Cl)cc2)OC=CO1. The van der Waals surface area contributed by atoms with Crippen LogP contribution < -0.4 is 0 Å². The number of nitrogens with zero attached hydrogens (tertiary/aromatic N) is 3. The molecule has 0 radical (unpaired) electrons. The van der Waals surface area contributed by atoms with Gasteiger partial charge in [-0.3, -0.25) is 0 Å². The molecule has 0 aliphatic carbocycles. The summed E-state index contributed by atoms with van der Waals surface area (Å²) in [6.07, 6.45) is 4.75. The minimum Gasteiger partial charge on any atom is -0.452 e. The van der Waals surface area contributed by atoms with E-state index in [1.165, 1.54) is 11.8 Å². The Morgan fingerprint density at radius 1 is 1.25 bits per heavy atom. The van der Waals surface area contributed by atoms with Gasteiger partial charge in [0.25, 0.3) is 5.79 Å². The van der Waals surface area contributed by atoms with Gasteiger partial charge in [-0.15, -0.1) is 10.2 Å². The Balaban J connectivity index is 1.81. The molecule has 0 amide bonds. The Hall–Kier alpha value is -1.66. The summed E-state index contributed by atoms with van der Waals surface area (Å²) in [6, 6.07) is 7.42. The van der Waals surface area contributed by atoms with Crippen LogP contribution in [0.1, 0.15) is 5.56 Å². The van der Waals surface area contributed by atoms with Crippen molar-refractivity contribution in [2.45, 2.75) is 10.9 Å². The Bertz CT molecular complexity index is 619. The first-order chi connectivity index (χ1) is 9.70. The van der Waals surface area contributed by atoms with E-state index in [0.717, 1.165) is 10.7 Å². The highest BCUT2D eigenvalue weighted by molar-refractivity contribution is 7.99. The second-order valence-electron chi connectivity index (χ2n) is 4.28. The number of hydrogen-bond acceptors (Lipinski definition) is 5. The highest BCUT2D eigenvalue weighted by atomic mass is 35.5. The second kappa shape index (κ2) is 5.38. The van der Waals surface area contributed by atoms with E-state index in [9.17, 15) is 0 Å². The van der Waals surface area contributed by atoms with Gasteiger partial charge >= 0.3 is 0 Å². The number of thioether (sulfide) groups is 1. The zero-order valence-corrected chi connectivity index (χ0v) is 12.3. The predicted molar refractivity (Wildman–Crippen MR) is 76.2 cm³/mol. The van der Waals surface area contributed by atoms with Crippen molar-refractivity contribution in [1.82, 2.24) is 14.8 Å². The summed E-state index contributed by atoms with van der Waals surface area (Å²) in [5.41, 5.74) is 0.904. The van der Waals surface area contributed by atoms with Gasteiger partial charge in [0.1, 0.15) is 18.9 Å². The van der Waals surface area contributed by atoms with E-state index in [4.69, 9.17) is 21.1 Å². The van der Waals surface area contributed by atoms with Crippen LogP contribution in [0.2, 0.25) is 5.02 Å². The molecule has 0 saturated carbocycles. The van der Waals surface area contributed by atoms with Gasteiger partial charge in [0.2, 0.25) is 0 Å². The Kier molecular flexibility index (Phi) is 3.58. The molecule has 5 nitrogen and oxygen atoms in total. The molecule has 7 heteroatoms. The normalized spacial score (nSPS) is 15.9. The van der Waals surface area contributed by atoms with E-state index in [2.05, 4.69) is 10.2 Å². The quantitative estimate of drug-likeness (QED) is 0.813. The molecule has 104 valence electrons. The lowest BCUT2D eigenvalue weighted by atomic mass is 10.1. The molecule has 2 aromatic rings. The van der Waals surface area contributed by atoms with Crippen LogP contribution in [0, 0.1) is 0 Å². The van der Waals surface area contributed by atoms with Crippen molar-refractivity contribution in [2.75, 3.05) is 5.75 Å². The van der Waals surface area contributed by atoms with Crippen LogP contribution >= 0.6 is 23.4 Å². The van der Waals surface area contributed by atoms with E-state index >= 15 is 0 Å². The molecule has 0 unspecified atom stereocenters. The third kappa shape index (κ3) is 2.48. The van der Waals surface area contributed by atoms with Crippen molar-refractivity contribution >= 4 is 23.4 Å². The minimum atomic E-state index is -0.846. The van der Waals surface area contributed by atoms with Crippen LogP contribution in [0.25, 0.3) is 0 Å². The molecule has 20 heavy (non-hydrogen) atoms. The Morgan fingerprint density at radius 3 is 2.55 bits per heavy atom. The van der Waals surface area contributed by atoms with E-state index in [-0.39, 0.29) is 0 Å². The van der Waals surface area contributed by atoms with Crippen molar-refractivity contribution < 1.29 is 9.47 Å². The first-order valence-corrected chi connectivity index (χ1v) is 7.29.